The summed E-state index contributed by atoms with van der Waals surface area (Å²) in [7, 11) is 2.77. The van der Waals surface area contributed by atoms with Gasteiger partial charge in [-0.2, -0.15) is 0 Å². The van der Waals surface area contributed by atoms with E-state index in [2.05, 4.69) is 4.74 Å². The molecule has 1 aromatic rings. The van der Waals surface area contributed by atoms with Crippen molar-refractivity contribution in [3.8, 4) is 17.2 Å². The maximum absolute atomic E-state index is 10.5. The van der Waals surface area contributed by atoms with Crippen molar-refractivity contribution in [1.29, 1.82) is 0 Å². The standard InChI is InChI=1S/C10H12O6/c1-14-7-4-3-6(5-11)8(9(7)15-2)16-10(12)13/h3-4,11H,5H2,1-2H3,(H,12,13). The molecule has 6 heteroatoms. The first-order chi connectivity index (χ1) is 7.63. The highest BCUT2D eigenvalue weighted by Gasteiger charge is 2.18. The lowest BCUT2D eigenvalue weighted by Gasteiger charge is -2.14. The molecule has 0 heterocycles. The van der Waals surface area contributed by atoms with Crippen LogP contribution in [0.15, 0.2) is 12.1 Å². The SMILES string of the molecule is COc1ccc(CO)c(OC(=O)O)c1OC. The van der Waals surface area contributed by atoms with Gasteiger partial charge in [0.15, 0.2) is 11.5 Å². The average Bonchev–Trinajstić information content (AvgIpc) is 2.27. The lowest BCUT2D eigenvalue weighted by molar-refractivity contribution is 0.141. The highest BCUT2D eigenvalue weighted by molar-refractivity contribution is 5.66. The second-order valence-corrected chi connectivity index (χ2v) is 2.82. The van der Waals surface area contributed by atoms with E-state index in [9.17, 15) is 4.79 Å². The summed E-state index contributed by atoms with van der Waals surface area (Å²) in [5.41, 5.74) is 0.306. The van der Waals surface area contributed by atoms with Crippen LogP contribution in [0.25, 0.3) is 0 Å². The fourth-order valence-corrected chi connectivity index (χ4v) is 1.26. The molecule has 0 aliphatic carbocycles. The number of ether oxygens (including phenoxy) is 3. The molecule has 0 spiro atoms. The Morgan fingerprint density at radius 3 is 2.38 bits per heavy atom. The van der Waals surface area contributed by atoms with Gasteiger partial charge >= 0.3 is 6.16 Å². The normalized spacial score (nSPS) is 9.69. The maximum Gasteiger partial charge on any atom is 0.511 e. The largest absolute Gasteiger partial charge is 0.511 e. The third-order valence-corrected chi connectivity index (χ3v) is 1.94. The van der Waals surface area contributed by atoms with Gasteiger partial charge in [-0.3, -0.25) is 0 Å². The molecule has 0 aliphatic rings. The number of hydrogen-bond acceptors (Lipinski definition) is 5. The molecule has 0 aromatic heterocycles. The van der Waals surface area contributed by atoms with Gasteiger partial charge in [-0.05, 0) is 12.1 Å². The molecule has 2 N–H and O–H groups in total. The summed E-state index contributed by atoms with van der Waals surface area (Å²) in [6, 6.07) is 3.05. The Balaban J connectivity index is 3.30. The van der Waals surface area contributed by atoms with Crippen LogP contribution in [0.4, 0.5) is 4.79 Å². The van der Waals surface area contributed by atoms with Gasteiger partial charge in [0.1, 0.15) is 0 Å². The van der Waals surface area contributed by atoms with Crippen LogP contribution in [0.2, 0.25) is 0 Å². The Morgan fingerprint density at radius 2 is 1.94 bits per heavy atom. The Kier molecular flexibility index (Phi) is 3.96. The van der Waals surface area contributed by atoms with E-state index in [0.717, 1.165) is 0 Å². The van der Waals surface area contributed by atoms with Crippen molar-refractivity contribution in [3.05, 3.63) is 17.7 Å². The Morgan fingerprint density at radius 1 is 1.25 bits per heavy atom. The molecule has 88 valence electrons. The van der Waals surface area contributed by atoms with Crippen molar-refractivity contribution in [2.75, 3.05) is 14.2 Å². The number of methoxy groups -OCH3 is 2. The van der Waals surface area contributed by atoms with Gasteiger partial charge in [0.25, 0.3) is 0 Å². The van der Waals surface area contributed by atoms with Crippen molar-refractivity contribution < 1.29 is 29.2 Å². The van der Waals surface area contributed by atoms with Gasteiger partial charge in [-0.25, -0.2) is 4.79 Å². The van der Waals surface area contributed by atoms with Crippen LogP contribution in [0, 0.1) is 0 Å². The molecule has 1 aromatic carbocycles. The Hall–Kier alpha value is -1.95. The Labute approximate surface area is 92.0 Å². The van der Waals surface area contributed by atoms with Gasteiger partial charge in [-0.15, -0.1) is 0 Å². The van der Waals surface area contributed by atoms with Gasteiger partial charge in [0.05, 0.1) is 20.8 Å². The summed E-state index contributed by atoms with van der Waals surface area (Å²) in [4.78, 5) is 10.5. The molecule has 0 saturated carbocycles. The smallest absolute Gasteiger partial charge is 0.493 e. The molecule has 0 radical (unpaired) electrons. The van der Waals surface area contributed by atoms with Gasteiger partial charge in [-0.1, -0.05) is 0 Å². The number of hydrogen-bond donors (Lipinski definition) is 2. The first-order valence-electron chi connectivity index (χ1n) is 4.39. The van der Waals surface area contributed by atoms with E-state index in [0.29, 0.717) is 11.3 Å². The minimum Gasteiger partial charge on any atom is -0.493 e. The van der Waals surface area contributed by atoms with E-state index in [-0.39, 0.29) is 18.1 Å². The molecule has 0 aliphatic heterocycles. The quantitative estimate of drug-likeness (QED) is 0.596. The highest BCUT2D eigenvalue weighted by atomic mass is 16.7. The molecule has 16 heavy (non-hydrogen) atoms. The molecule has 6 nitrogen and oxygen atoms in total. The summed E-state index contributed by atoms with van der Waals surface area (Å²) in [6.07, 6.45) is -1.48. The molecular weight excluding hydrogens is 216 g/mol. The van der Waals surface area contributed by atoms with Crippen molar-refractivity contribution in [2.24, 2.45) is 0 Å². The number of carboxylic acid groups (broad SMARTS) is 1. The lowest BCUT2D eigenvalue weighted by atomic mass is 10.2. The van der Waals surface area contributed by atoms with E-state index in [4.69, 9.17) is 19.7 Å². The van der Waals surface area contributed by atoms with Crippen LogP contribution in [0.3, 0.4) is 0 Å². The zero-order valence-corrected chi connectivity index (χ0v) is 8.89. The van der Waals surface area contributed by atoms with Crippen LogP contribution in [-0.4, -0.2) is 30.6 Å². The molecular formula is C10H12O6. The predicted molar refractivity (Wildman–Crippen MR) is 54.1 cm³/mol. The molecule has 1 rings (SSSR count). The zero-order valence-electron chi connectivity index (χ0n) is 8.89. The minimum absolute atomic E-state index is 0.0585. The van der Waals surface area contributed by atoms with Gasteiger partial charge in [0, 0.05) is 5.56 Å². The van der Waals surface area contributed by atoms with Gasteiger partial charge < -0.3 is 24.4 Å². The zero-order chi connectivity index (χ0) is 12.1. The Bertz CT molecular complexity index is 387. The van der Waals surface area contributed by atoms with E-state index >= 15 is 0 Å². The number of carbonyl (C=O) groups is 1. The molecule has 0 atom stereocenters. The average molecular weight is 228 g/mol. The van der Waals surface area contributed by atoms with Crippen molar-refractivity contribution in [3.63, 3.8) is 0 Å². The summed E-state index contributed by atoms with van der Waals surface area (Å²) < 4.78 is 14.5. The molecule has 0 bridgehead atoms. The van der Waals surface area contributed by atoms with E-state index in [1.54, 1.807) is 6.07 Å². The fourth-order valence-electron chi connectivity index (χ4n) is 1.26. The second kappa shape index (κ2) is 5.22. The second-order valence-electron chi connectivity index (χ2n) is 2.82. The van der Waals surface area contributed by atoms with Crippen molar-refractivity contribution >= 4 is 6.16 Å². The molecule has 0 fully saturated rings. The minimum atomic E-state index is -1.48. The van der Waals surface area contributed by atoms with E-state index in [1.165, 1.54) is 20.3 Å². The van der Waals surface area contributed by atoms with Crippen molar-refractivity contribution in [1.82, 2.24) is 0 Å². The number of aliphatic hydroxyl groups is 1. The molecule has 0 unspecified atom stereocenters. The molecule has 0 saturated heterocycles. The molecule has 0 amide bonds. The summed E-state index contributed by atoms with van der Waals surface area (Å²) in [6.45, 7) is -0.358. The fraction of sp³-hybridized carbons (Fsp3) is 0.300. The van der Waals surface area contributed by atoms with Crippen LogP contribution < -0.4 is 14.2 Å². The number of aliphatic hydroxyl groups excluding tert-OH is 1. The third-order valence-electron chi connectivity index (χ3n) is 1.94. The van der Waals surface area contributed by atoms with Crippen molar-refractivity contribution in [2.45, 2.75) is 6.61 Å². The third kappa shape index (κ3) is 2.34. The van der Waals surface area contributed by atoms with E-state index in [1.807, 2.05) is 0 Å². The predicted octanol–water partition coefficient (Wildman–Crippen LogP) is 1.25. The van der Waals surface area contributed by atoms with Crippen LogP contribution in [0.1, 0.15) is 5.56 Å². The first-order valence-corrected chi connectivity index (χ1v) is 4.39. The van der Waals surface area contributed by atoms with E-state index < -0.39 is 6.16 Å². The number of rotatable bonds is 4. The van der Waals surface area contributed by atoms with Gasteiger partial charge in [0.2, 0.25) is 5.75 Å². The first kappa shape index (κ1) is 12.1. The number of benzene rings is 1. The topological polar surface area (TPSA) is 85.2 Å². The highest BCUT2D eigenvalue weighted by Crippen LogP contribution is 2.39. The van der Waals surface area contributed by atoms with Crippen LogP contribution in [0.5, 0.6) is 17.2 Å². The summed E-state index contributed by atoms with van der Waals surface area (Å²) >= 11 is 0. The lowest BCUT2D eigenvalue weighted by Crippen LogP contribution is -2.07. The maximum atomic E-state index is 10.5. The van der Waals surface area contributed by atoms with Crippen LogP contribution in [-0.2, 0) is 6.61 Å². The monoisotopic (exact) mass is 228 g/mol. The summed E-state index contributed by atoms with van der Waals surface area (Å²) in [5, 5.41) is 17.6. The summed E-state index contributed by atoms with van der Waals surface area (Å²) in [5.74, 6) is 0.407. The van der Waals surface area contributed by atoms with Crippen LogP contribution >= 0.6 is 0 Å².